The molecule has 2 rings (SSSR count). The van der Waals surface area contributed by atoms with Gasteiger partial charge in [0.25, 0.3) is 0 Å². The van der Waals surface area contributed by atoms with Gasteiger partial charge in [-0.05, 0) is 42.7 Å². The number of carbonyl (C=O) groups excluding carboxylic acids is 1. The van der Waals surface area contributed by atoms with E-state index in [0.717, 1.165) is 21.8 Å². The number of benzene rings is 2. The Morgan fingerprint density at radius 1 is 1.09 bits per heavy atom. The lowest BCUT2D eigenvalue weighted by Gasteiger charge is -2.11. The van der Waals surface area contributed by atoms with Crippen LogP contribution in [0.5, 0.6) is 0 Å². The van der Waals surface area contributed by atoms with Gasteiger partial charge in [0.15, 0.2) is 0 Å². The molecule has 0 aliphatic rings. The molecule has 0 radical (unpaired) electrons. The predicted octanol–water partition coefficient (Wildman–Crippen LogP) is 4.08. The van der Waals surface area contributed by atoms with Crippen LogP contribution in [0.15, 0.2) is 42.5 Å². The molecule has 0 bridgehead atoms. The van der Waals surface area contributed by atoms with Crippen molar-refractivity contribution in [2.75, 3.05) is 11.9 Å². The number of hydrogen-bond acceptors (Lipinski definition) is 2. The second-order valence-corrected chi connectivity index (χ2v) is 5.72. The monoisotopic (exact) mass is 316 g/mol. The maximum absolute atomic E-state index is 12.0. The summed E-state index contributed by atoms with van der Waals surface area (Å²) in [7, 11) is 0. The van der Waals surface area contributed by atoms with Crippen LogP contribution >= 0.6 is 11.6 Å². The van der Waals surface area contributed by atoms with Crippen LogP contribution in [-0.2, 0) is 11.3 Å². The Kier molecular flexibility index (Phi) is 5.99. The first-order valence-corrected chi connectivity index (χ1v) is 7.76. The fraction of sp³-hybridized carbons (Fsp3) is 0.278. The number of nitrogens with one attached hydrogen (secondary N) is 2. The molecule has 0 aromatic heterocycles. The zero-order chi connectivity index (χ0) is 15.9. The molecule has 0 saturated carbocycles. The predicted molar refractivity (Wildman–Crippen MR) is 92.3 cm³/mol. The Bertz CT molecular complexity index is 655. The first kappa shape index (κ1) is 16.5. The van der Waals surface area contributed by atoms with Gasteiger partial charge in [-0.3, -0.25) is 4.79 Å². The van der Waals surface area contributed by atoms with Crippen LogP contribution in [0, 0.1) is 13.8 Å². The van der Waals surface area contributed by atoms with E-state index >= 15 is 0 Å². The summed E-state index contributed by atoms with van der Waals surface area (Å²) in [5.74, 6) is 0.0142. The van der Waals surface area contributed by atoms with E-state index in [9.17, 15) is 4.79 Å². The number of aryl methyl sites for hydroxylation is 1. The fourth-order valence-electron chi connectivity index (χ4n) is 2.17. The third-order valence-electron chi connectivity index (χ3n) is 3.68. The van der Waals surface area contributed by atoms with Crippen LogP contribution in [-0.4, -0.2) is 12.5 Å². The highest BCUT2D eigenvalue weighted by molar-refractivity contribution is 6.31. The molecule has 0 spiro atoms. The van der Waals surface area contributed by atoms with Crippen molar-refractivity contribution in [2.24, 2.45) is 0 Å². The third-order valence-corrected chi connectivity index (χ3v) is 4.05. The van der Waals surface area contributed by atoms with Crippen molar-refractivity contribution in [3.63, 3.8) is 0 Å². The number of rotatable bonds is 6. The molecule has 2 aromatic carbocycles. The summed E-state index contributed by atoms with van der Waals surface area (Å²) in [6, 6.07) is 13.6. The van der Waals surface area contributed by atoms with E-state index in [1.54, 1.807) is 0 Å². The molecule has 0 saturated heterocycles. The Balaban J connectivity index is 1.76. The summed E-state index contributed by atoms with van der Waals surface area (Å²) < 4.78 is 0. The summed E-state index contributed by atoms with van der Waals surface area (Å²) in [5.41, 5.74) is 4.21. The minimum Gasteiger partial charge on any atom is -0.326 e. The quantitative estimate of drug-likeness (QED) is 0.789. The van der Waals surface area contributed by atoms with Crippen molar-refractivity contribution < 1.29 is 4.79 Å². The van der Waals surface area contributed by atoms with Crippen molar-refractivity contribution in [3.8, 4) is 0 Å². The van der Waals surface area contributed by atoms with Gasteiger partial charge in [0, 0.05) is 30.2 Å². The number of carbonyl (C=O) groups is 1. The molecule has 116 valence electrons. The van der Waals surface area contributed by atoms with Crippen molar-refractivity contribution in [1.82, 2.24) is 5.32 Å². The standard InChI is InChI=1S/C18H21ClN2O/c1-13-6-5-9-17(14(13)2)21-18(22)10-11-20-12-15-7-3-4-8-16(15)19/h3-9,20H,10-12H2,1-2H3,(H,21,22). The zero-order valence-electron chi connectivity index (χ0n) is 12.9. The molecule has 1 amide bonds. The van der Waals surface area contributed by atoms with Gasteiger partial charge in [-0.15, -0.1) is 0 Å². The van der Waals surface area contributed by atoms with Gasteiger partial charge in [0.1, 0.15) is 0 Å². The lowest BCUT2D eigenvalue weighted by atomic mass is 10.1. The van der Waals surface area contributed by atoms with E-state index in [4.69, 9.17) is 11.6 Å². The van der Waals surface area contributed by atoms with Crippen molar-refractivity contribution in [1.29, 1.82) is 0 Å². The first-order chi connectivity index (χ1) is 10.6. The number of anilines is 1. The molecule has 3 nitrogen and oxygen atoms in total. The highest BCUT2D eigenvalue weighted by atomic mass is 35.5. The lowest BCUT2D eigenvalue weighted by molar-refractivity contribution is -0.116. The molecule has 4 heteroatoms. The van der Waals surface area contributed by atoms with Gasteiger partial charge < -0.3 is 10.6 Å². The topological polar surface area (TPSA) is 41.1 Å². The maximum atomic E-state index is 12.0. The van der Waals surface area contributed by atoms with Crippen LogP contribution in [0.4, 0.5) is 5.69 Å². The molecule has 0 unspecified atom stereocenters. The molecule has 22 heavy (non-hydrogen) atoms. The Hall–Kier alpha value is -1.84. The number of amides is 1. The molecular formula is C18H21ClN2O. The SMILES string of the molecule is Cc1cccc(NC(=O)CCNCc2ccccc2Cl)c1C. The summed E-state index contributed by atoms with van der Waals surface area (Å²) in [5, 5.41) is 6.94. The average molecular weight is 317 g/mol. The van der Waals surface area contributed by atoms with Gasteiger partial charge in [-0.25, -0.2) is 0 Å². The van der Waals surface area contributed by atoms with E-state index in [2.05, 4.69) is 10.6 Å². The van der Waals surface area contributed by atoms with Crippen LogP contribution < -0.4 is 10.6 Å². The van der Waals surface area contributed by atoms with E-state index in [1.165, 1.54) is 5.56 Å². The zero-order valence-corrected chi connectivity index (χ0v) is 13.7. The van der Waals surface area contributed by atoms with Gasteiger partial charge >= 0.3 is 0 Å². The highest BCUT2D eigenvalue weighted by Gasteiger charge is 2.06. The Labute approximate surface area is 136 Å². The Morgan fingerprint density at radius 2 is 1.86 bits per heavy atom. The summed E-state index contributed by atoms with van der Waals surface area (Å²) >= 11 is 6.09. The van der Waals surface area contributed by atoms with Crippen molar-refractivity contribution in [2.45, 2.75) is 26.8 Å². The number of halogens is 1. The molecule has 0 atom stereocenters. The minimum absolute atomic E-state index is 0.0142. The summed E-state index contributed by atoms with van der Waals surface area (Å²) in [4.78, 5) is 12.0. The summed E-state index contributed by atoms with van der Waals surface area (Å²) in [6.45, 7) is 5.33. The summed E-state index contributed by atoms with van der Waals surface area (Å²) in [6.07, 6.45) is 0.428. The van der Waals surface area contributed by atoms with Gasteiger partial charge in [-0.1, -0.05) is 41.9 Å². The maximum Gasteiger partial charge on any atom is 0.225 e. The fourth-order valence-corrected chi connectivity index (χ4v) is 2.37. The third kappa shape index (κ3) is 4.58. The number of hydrogen-bond donors (Lipinski definition) is 2. The molecule has 0 aliphatic heterocycles. The van der Waals surface area contributed by atoms with Crippen LogP contribution in [0.25, 0.3) is 0 Å². The average Bonchev–Trinajstić information content (AvgIpc) is 2.50. The van der Waals surface area contributed by atoms with Crippen molar-refractivity contribution >= 4 is 23.2 Å². The lowest BCUT2D eigenvalue weighted by Crippen LogP contribution is -2.22. The molecular weight excluding hydrogens is 296 g/mol. The van der Waals surface area contributed by atoms with E-state index < -0.39 is 0 Å². The van der Waals surface area contributed by atoms with Crippen LogP contribution in [0.1, 0.15) is 23.1 Å². The second-order valence-electron chi connectivity index (χ2n) is 5.31. The molecule has 0 aliphatic carbocycles. The molecule has 2 N–H and O–H groups in total. The van der Waals surface area contributed by atoms with Crippen molar-refractivity contribution in [3.05, 3.63) is 64.2 Å². The molecule has 0 fully saturated rings. The molecule has 0 heterocycles. The van der Waals surface area contributed by atoms with E-state index in [1.807, 2.05) is 56.3 Å². The Morgan fingerprint density at radius 3 is 2.64 bits per heavy atom. The van der Waals surface area contributed by atoms with Crippen LogP contribution in [0.2, 0.25) is 5.02 Å². The highest BCUT2D eigenvalue weighted by Crippen LogP contribution is 2.18. The van der Waals surface area contributed by atoms with Gasteiger partial charge in [0.2, 0.25) is 5.91 Å². The minimum atomic E-state index is 0.0142. The van der Waals surface area contributed by atoms with Gasteiger partial charge in [-0.2, -0.15) is 0 Å². The van der Waals surface area contributed by atoms with E-state index in [0.29, 0.717) is 19.5 Å². The normalized spacial score (nSPS) is 10.5. The smallest absolute Gasteiger partial charge is 0.225 e. The van der Waals surface area contributed by atoms with E-state index in [-0.39, 0.29) is 5.91 Å². The molecule has 2 aromatic rings. The second kappa shape index (κ2) is 7.97. The van der Waals surface area contributed by atoms with Crippen LogP contribution in [0.3, 0.4) is 0 Å². The largest absolute Gasteiger partial charge is 0.326 e. The first-order valence-electron chi connectivity index (χ1n) is 7.38. The van der Waals surface area contributed by atoms with Gasteiger partial charge in [0.05, 0.1) is 0 Å².